The van der Waals surface area contributed by atoms with E-state index in [1.54, 1.807) is 17.9 Å². The molecule has 0 bridgehead atoms. The molecule has 1 aromatic carbocycles. The topological polar surface area (TPSA) is 95.7 Å². The lowest BCUT2D eigenvalue weighted by Gasteiger charge is -2.45. The van der Waals surface area contributed by atoms with Gasteiger partial charge in [0.2, 0.25) is 5.91 Å². The number of nitrogens with one attached hydrogen (secondary N) is 1. The number of aliphatic hydroxyl groups is 1. The first-order chi connectivity index (χ1) is 8.85. The number of fused-ring (bicyclic) bond motifs is 1. The lowest BCUT2D eigenvalue weighted by atomic mass is 9.95. The van der Waals surface area contributed by atoms with E-state index in [0.717, 1.165) is 0 Å². The summed E-state index contributed by atoms with van der Waals surface area (Å²) < 4.78 is 0. The Balaban J connectivity index is 2.01. The van der Waals surface area contributed by atoms with Gasteiger partial charge >= 0.3 is 0 Å². The molecule has 7 nitrogen and oxygen atoms in total. The molecule has 2 heterocycles. The highest BCUT2D eigenvalue weighted by Gasteiger charge is 2.40. The molecule has 7 heteroatoms. The third-order valence-corrected chi connectivity index (χ3v) is 3.43. The lowest BCUT2D eigenvalue weighted by molar-refractivity contribution is -0.384. The van der Waals surface area contributed by atoms with Gasteiger partial charge in [0.05, 0.1) is 16.9 Å². The second-order valence-electron chi connectivity index (χ2n) is 5.33. The predicted molar refractivity (Wildman–Crippen MR) is 68.3 cm³/mol. The fourth-order valence-electron chi connectivity index (χ4n) is 2.60. The minimum Gasteiger partial charge on any atom is -0.386 e. The second-order valence-corrected chi connectivity index (χ2v) is 5.33. The number of rotatable bonds is 2. The van der Waals surface area contributed by atoms with E-state index in [2.05, 4.69) is 5.32 Å². The van der Waals surface area contributed by atoms with E-state index in [0.29, 0.717) is 30.0 Å². The molecule has 0 aliphatic carbocycles. The summed E-state index contributed by atoms with van der Waals surface area (Å²) in [6, 6.07) is 3.06. The van der Waals surface area contributed by atoms with Crippen molar-refractivity contribution >= 4 is 23.0 Å². The van der Waals surface area contributed by atoms with Crippen LogP contribution >= 0.6 is 0 Å². The Morgan fingerprint density at radius 1 is 1.47 bits per heavy atom. The molecule has 1 amide bonds. The molecule has 0 unspecified atom stereocenters. The van der Waals surface area contributed by atoms with Gasteiger partial charge in [-0.2, -0.15) is 0 Å². The van der Waals surface area contributed by atoms with E-state index >= 15 is 0 Å². The fourth-order valence-corrected chi connectivity index (χ4v) is 2.60. The zero-order valence-electron chi connectivity index (χ0n) is 10.3. The summed E-state index contributed by atoms with van der Waals surface area (Å²) in [6.07, 6.45) is 0.175. The van der Waals surface area contributed by atoms with Gasteiger partial charge in [-0.25, -0.2) is 0 Å². The van der Waals surface area contributed by atoms with Gasteiger partial charge in [0.15, 0.2) is 0 Å². The van der Waals surface area contributed by atoms with Crippen molar-refractivity contribution in [3.63, 3.8) is 0 Å². The molecule has 3 rings (SSSR count). The first kappa shape index (κ1) is 11.9. The van der Waals surface area contributed by atoms with E-state index in [-0.39, 0.29) is 18.0 Å². The average Bonchev–Trinajstić information content (AvgIpc) is 2.62. The summed E-state index contributed by atoms with van der Waals surface area (Å²) in [5, 5.41) is 23.5. The largest absolute Gasteiger partial charge is 0.386 e. The van der Waals surface area contributed by atoms with Gasteiger partial charge in [-0.1, -0.05) is 0 Å². The van der Waals surface area contributed by atoms with Crippen LogP contribution in [0.5, 0.6) is 0 Å². The first-order valence-electron chi connectivity index (χ1n) is 5.94. The number of hydrogen-bond donors (Lipinski definition) is 2. The van der Waals surface area contributed by atoms with Crippen LogP contribution in [0, 0.1) is 10.1 Å². The summed E-state index contributed by atoms with van der Waals surface area (Å²) in [5.41, 5.74) is 0.879. The molecule has 2 N–H and O–H groups in total. The van der Waals surface area contributed by atoms with E-state index in [9.17, 15) is 20.0 Å². The molecule has 1 aromatic rings. The van der Waals surface area contributed by atoms with Crippen LogP contribution in [0.4, 0.5) is 17.1 Å². The summed E-state index contributed by atoms with van der Waals surface area (Å²) in [6.45, 7) is 2.38. The number of nitrogens with zero attached hydrogens (tertiary/aromatic N) is 2. The molecule has 0 aromatic heterocycles. The molecule has 0 radical (unpaired) electrons. The summed E-state index contributed by atoms with van der Waals surface area (Å²) in [5.74, 6) is -0.156. The van der Waals surface area contributed by atoms with Crippen LogP contribution in [0.3, 0.4) is 0 Å². The molecule has 1 saturated heterocycles. The highest BCUT2D eigenvalue weighted by Crippen LogP contribution is 2.39. The SMILES string of the molecule is CC1(O)CN(c2cc3c(cc2[N+](=O)[O-])CC(=O)N3)C1. The number of anilines is 2. The molecule has 0 spiro atoms. The smallest absolute Gasteiger partial charge is 0.292 e. The Bertz CT molecular complexity index is 589. The van der Waals surface area contributed by atoms with Crippen molar-refractivity contribution < 1.29 is 14.8 Å². The van der Waals surface area contributed by atoms with Crippen LogP contribution in [-0.2, 0) is 11.2 Å². The Morgan fingerprint density at radius 2 is 2.16 bits per heavy atom. The molecular formula is C12H13N3O4. The van der Waals surface area contributed by atoms with E-state index in [1.165, 1.54) is 6.07 Å². The van der Waals surface area contributed by atoms with Gasteiger partial charge in [0, 0.05) is 24.8 Å². The monoisotopic (exact) mass is 263 g/mol. The van der Waals surface area contributed by atoms with Gasteiger partial charge in [-0.3, -0.25) is 14.9 Å². The zero-order valence-corrected chi connectivity index (χ0v) is 10.3. The van der Waals surface area contributed by atoms with Crippen molar-refractivity contribution in [3.8, 4) is 0 Å². The summed E-state index contributed by atoms with van der Waals surface area (Å²) in [4.78, 5) is 23.7. The Kier molecular flexibility index (Phi) is 2.30. The van der Waals surface area contributed by atoms with Crippen molar-refractivity contribution in [2.45, 2.75) is 18.9 Å². The fraction of sp³-hybridized carbons (Fsp3) is 0.417. The molecule has 2 aliphatic heterocycles. The molecule has 0 atom stereocenters. The average molecular weight is 263 g/mol. The standard InChI is InChI=1S/C12H13N3O4/c1-12(17)5-14(6-12)9-4-8-7(3-11(16)13-8)2-10(9)15(18)19/h2,4,17H,3,5-6H2,1H3,(H,13,16). The molecular weight excluding hydrogens is 250 g/mol. The van der Waals surface area contributed by atoms with Crippen molar-refractivity contribution in [2.24, 2.45) is 0 Å². The minimum atomic E-state index is -0.809. The summed E-state index contributed by atoms with van der Waals surface area (Å²) in [7, 11) is 0. The number of carbonyl (C=O) groups is 1. The van der Waals surface area contributed by atoms with Gasteiger partial charge in [0.25, 0.3) is 5.69 Å². The van der Waals surface area contributed by atoms with Crippen molar-refractivity contribution in [1.82, 2.24) is 0 Å². The third-order valence-electron chi connectivity index (χ3n) is 3.43. The number of benzene rings is 1. The first-order valence-corrected chi connectivity index (χ1v) is 5.94. The predicted octanol–water partition coefficient (Wildman–Crippen LogP) is 0.660. The highest BCUT2D eigenvalue weighted by atomic mass is 16.6. The highest BCUT2D eigenvalue weighted by molar-refractivity contribution is 6.00. The second kappa shape index (κ2) is 3.67. The number of nitro groups is 1. The summed E-state index contributed by atoms with van der Waals surface area (Å²) >= 11 is 0. The maximum atomic E-state index is 11.3. The molecule has 19 heavy (non-hydrogen) atoms. The Hall–Kier alpha value is -2.15. The maximum absolute atomic E-state index is 11.3. The van der Waals surface area contributed by atoms with Crippen LogP contribution < -0.4 is 10.2 Å². The molecule has 2 aliphatic rings. The van der Waals surface area contributed by atoms with Crippen LogP contribution in [0.15, 0.2) is 12.1 Å². The van der Waals surface area contributed by atoms with Crippen molar-refractivity contribution in [2.75, 3.05) is 23.3 Å². The quantitative estimate of drug-likeness (QED) is 0.603. The van der Waals surface area contributed by atoms with Gasteiger partial charge in [0.1, 0.15) is 5.69 Å². The van der Waals surface area contributed by atoms with Crippen LogP contribution in [0.2, 0.25) is 0 Å². The van der Waals surface area contributed by atoms with Crippen LogP contribution in [0.25, 0.3) is 0 Å². The molecule has 100 valence electrons. The lowest BCUT2D eigenvalue weighted by Crippen LogP contribution is -2.60. The van der Waals surface area contributed by atoms with Gasteiger partial charge < -0.3 is 15.3 Å². The molecule has 0 saturated carbocycles. The van der Waals surface area contributed by atoms with Crippen molar-refractivity contribution in [1.29, 1.82) is 0 Å². The minimum absolute atomic E-state index is 0.0225. The number of nitro benzene ring substituents is 1. The number of carbonyl (C=O) groups excluding carboxylic acids is 1. The third kappa shape index (κ3) is 1.91. The number of β-amino-alcohol motifs (C(OH)–C–C–N with tert-alkyl or cyclic N) is 1. The van der Waals surface area contributed by atoms with Crippen molar-refractivity contribution in [3.05, 3.63) is 27.8 Å². The maximum Gasteiger partial charge on any atom is 0.292 e. The van der Waals surface area contributed by atoms with E-state index in [4.69, 9.17) is 0 Å². The van der Waals surface area contributed by atoms with Crippen LogP contribution in [-0.4, -0.2) is 34.6 Å². The van der Waals surface area contributed by atoms with E-state index in [1.807, 2.05) is 0 Å². The number of amides is 1. The molecule has 1 fully saturated rings. The zero-order chi connectivity index (χ0) is 13.8. The van der Waals surface area contributed by atoms with Gasteiger partial charge in [-0.05, 0) is 18.6 Å². The van der Waals surface area contributed by atoms with Crippen LogP contribution in [0.1, 0.15) is 12.5 Å². The van der Waals surface area contributed by atoms with Gasteiger partial charge in [-0.15, -0.1) is 0 Å². The normalized spacial score (nSPS) is 19.7. The number of hydrogen-bond acceptors (Lipinski definition) is 5. The van der Waals surface area contributed by atoms with E-state index < -0.39 is 10.5 Å². The Labute approximate surface area is 109 Å². The Morgan fingerprint density at radius 3 is 2.74 bits per heavy atom.